The molecule has 6 nitrogen and oxygen atoms in total. The summed E-state index contributed by atoms with van der Waals surface area (Å²) in [7, 11) is 0. The van der Waals surface area contributed by atoms with E-state index in [1.54, 1.807) is 19.1 Å². The van der Waals surface area contributed by atoms with Gasteiger partial charge in [0.25, 0.3) is 5.69 Å². The van der Waals surface area contributed by atoms with Gasteiger partial charge in [0.1, 0.15) is 0 Å². The second kappa shape index (κ2) is 6.87. The first kappa shape index (κ1) is 15.7. The Morgan fingerprint density at radius 3 is 2.76 bits per heavy atom. The number of amides is 1. The van der Waals surface area contributed by atoms with Crippen molar-refractivity contribution < 1.29 is 9.72 Å². The minimum absolute atomic E-state index is 0.0298. The highest BCUT2D eigenvalue weighted by atomic mass is 35.5. The maximum absolute atomic E-state index is 12.2. The zero-order chi connectivity index (χ0) is 15.4. The number of nitro benzene ring substituents is 1. The molecule has 1 aromatic rings. The van der Waals surface area contributed by atoms with Crippen LogP contribution in [-0.4, -0.2) is 34.9 Å². The van der Waals surface area contributed by atoms with Crippen LogP contribution in [0.25, 0.3) is 0 Å². The molecule has 1 aliphatic heterocycles. The Hall–Kier alpha value is -1.66. The van der Waals surface area contributed by atoms with E-state index in [0.717, 1.165) is 25.9 Å². The van der Waals surface area contributed by atoms with Gasteiger partial charge in [-0.25, -0.2) is 0 Å². The number of rotatable bonds is 5. The third-order valence-corrected chi connectivity index (χ3v) is 4.02. The number of nitro groups is 1. The molecule has 1 saturated heterocycles. The number of hydrogen-bond donors (Lipinski definition) is 1. The molecule has 1 aliphatic rings. The summed E-state index contributed by atoms with van der Waals surface area (Å²) in [5.41, 5.74) is 0.376. The van der Waals surface area contributed by atoms with Crippen LogP contribution in [0.15, 0.2) is 18.2 Å². The molecule has 1 atom stereocenters. The molecule has 1 fully saturated rings. The summed E-state index contributed by atoms with van der Waals surface area (Å²) >= 11 is 6.02. The van der Waals surface area contributed by atoms with Crippen LogP contribution in [-0.2, 0) is 11.3 Å². The van der Waals surface area contributed by atoms with Crippen LogP contribution in [0.3, 0.4) is 0 Å². The molecule has 0 aliphatic carbocycles. The molecule has 1 unspecified atom stereocenters. The number of nitrogens with zero attached hydrogens (tertiary/aromatic N) is 2. The monoisotopic (exact) mass is 311 g/mol. The molecule has 0 spiro atoms. The minimum Gasteiger partial charge on any atom is -0.341 e. The van der Waals surface area contributed by atoms with Gasteiger partial charge in [0.15, 0.2) is 0 Å². The van der Waals surface area contributed by atoms with E-state index in [-0.39, 0.29) is 24.2 Å². The van der Waals surface area contributed by atoms with Crippen molar-refractivity contribution in [1.82, 2.24) is 10.2 Å². The molecule has 1 heterocycles. The predicted octanol–water partition coefficient (Wildman–Crippen LogP) is 2.35. The van der Waals surface area contributed by atoms with Gasteiger partial charge < -0.3 is 10.2 Å². The summed E-state index contributed by atoms with van der Waals surface area (Å²) in [6, 6.07) is 4.18. The molecule has 0 radical (unpaired) electrons. The van der Waals surface area contributed by atoms with Crippen LogP contribution in [0.4, 0.5) is 5.69 Å². The summed E-state index contributed by atoms with van der Waals surface area (Å²) in [5.74, 6) is 0.0298. The van der Waals surface area contributed by atoms with Crippen LogP contribution in [0.1, 0.15) is 25.3 Å². The smallest absolute Gasteiger partial charge is 0.275 e. The van der Waals surface area contributed by atoms with Crippen LogP contribution < -0.4 is 5.32 Å². The molecule has 0 bridgehead atoms. The summed E-state index contributed by atoms with van der Waals surface area (Å²) in [4.78, 5) is 24.5. The number of benzene rings is 1. The van der Waals surface area contributed by atoms with Gasteiger partial charge in [-0.05, 0) is 25.8 Å². The van der Waals surface area contributed by atoms with Crippen LogP contribution in [0.5, 0.6) is 0 Å². The summed E-state index contributed by atoms with van der Waals surface area (Å²) in [6.07, 6.45) is 2.07. The Labute approximate surface area is 128 Å². The Morgan fingerprint density at radius 1 is 1.48 bits per heavy atom. The fourth-order valence-corrected chi connectivity index (χ4v) is 2.68. The van der Waals surface area contributed by atoms with Crippen molar-refractivity contribution in [2.45, 2.75) is 32.4 Å². The second-order valence-electron chi connectivity index (χ2n) is 5.13. The Morgan fingerprint density at radius 2 is 2.14 bits per heavy atom. The van der Waals surface area contributed by atoms with Crippen LogP contribution in [0.2, 0.25) is 5.02 Å². The van der Waals surface area contributed by atoms with Gasteiger partial charge in [-0.15, -0.1) is 0 Å². The fourth-order valence-electron chi connectivity index (χ4n) is 2.45. The SMILES string of the molecule is CC(NCc1c(Cl)cccc1[N+](=O)[O-])C(=O)N1CCCC1. The van der Waals surface area contributed by atoms with E-state index in [0.29, 0.717) is 10.6 Å². The number of likely N-dealkylation sites (tertiary alicyclic amines) is 1. The molecular formula is C14H18ClN3O3. The van der Waals surface area contributed by atoms with E-state index < -0.39 is 4.92 Å². The standard InChI is InChI=1S/C14H18ClN3O3/c1-10(14(19)17-7-2-3-8-17)16-9-11-12(15)5-4-6-13(11)18(20)21/h4-6,10,16H,2-3,7-9H2,1H3. The molecule has 1 N–H and O–H groups in total. The van der Waals surface area contributed by atoms with Crippen molar-refractivity contribution >= 4 is 23.2 Å². The normalized spacial score (nSPS) is 16.0. The first-order chi connectivity index (χ1) is 10.0. The van der Waals surface area contributed by atoms with Gasteiger partial charge in [-0.3, -0.25) is 14.9 Å². The van der Waals surface area contributed by atoms with E-state index in [1.165, 1.54) is 6.07 Å². The highest BCUT2D eigenvalue weighted by Crippen LogP contribution is 2.26. The van der Waals surface area contributed by atoms with E-state index >= 15 is 0 Å². The van der Waals surface area contributed by atoms with Crippen molar-refractivity contribution in [3.05, 3.63) is 38.9 Å². The van der Waals surface area contributed by atoms with E-state index in [1.807, 2.05) is 4.90 Å². The van der Waals surface area contributed by atoms with Crippen LogP contribution >= 0.6 is 11.6 Å². The van der Waals surface area contributed by atoms with E-state index in [2.05, 4.69) is 5.32 Å². The third-order valence-electron chi connectivity index (χ3n) is 3.66. The molecule has 114 valence electrons. The Bertz CT molecular complexity index is 544. The second-order valence-corrected chi connectivity index (χ2v) is 5.54. The molecule has 1 aromatic carbocycles. The lowest BCUT2D eigenvalue weighted by Gasteiger charge is -2.21. The third kappa shape index (κ3) is 3.71. The lowest BCUT2D eigenvalue weighted by molar-refractivity contribution is -0.385. The first-order valence-electron chi connectivity index (χ1n) is 6.94. The van der Waals surface area contributed by atoms with Crippen molar-refractivity contribution in [2.75, 3.05) is 13.1 Å². The number of halogens is 1. The fraction of sp³-hybridized carbons (Fsp3) is 0.500. The maximum atomic E-state index is 12.2. The van der Waals surface area contributed by atoms with Gasteiger partial charge in [0.05, 0.1) is 21.6 Å². The van der Waals surface area contributed by atoms with Gasteiger partial charge in [0.2, 0.25) is 5.91 Å². The summed E-state index contributed by atoms with van der Waals surface area (Å²) in [5, 5.41) is 14.4. The van der Waals surface area contributed by atoms with Gasteiger partial charge in [-0.2, -0.15) is 0 Å². The molecule has 21 heavy (non-hydrogen) atoms. The maximum Gasteiger partial charge on any atom is 0.275 e. The summed E-state index contributed by atoms with van der Waals surface area (Å²) < 4.78 is 0. The van der Waals surface area contributed by atoms with Crippen molar-refractivity contribution in [2.24, 2.45) is 0 Å². The summed E-state index contributed by atoms with van der Waals surface area (Å²) in [6.45, 7) is 3.54. The van der Waals surface area contributed by atoms with Gasteiger partial charge in [-0.1, -0.05) is 17.7 Å². The first-order valence-corrected chi connectivity index (χ1v) is 7.32. The minimum atomic E-state index is -0.462. The molecule has 7 heteroatoms. The van der Waals surface area contributed by atoms with Crippen molar-refractivity contribution in [3.8, 4) is 0 Å². The molecule has 1 amide bonds. The lowest BCUT2D eigenvalue weighted by atomic mass is 10.1. The largest absolute Gasteiger partial charge is 0.341 e. The Kier molecular flexibility index (Phi) is 5.14. The molecule has 2 rings (SSSR count). The van der Waals surface area contributed by atoms with Crippen LogP contribution in [0, 0.1) is 10.1 Å². The average molecular weight is 312 g/mol. The lowest BCUT2D eigenvalue weighted by Crippen LogP contribution is -2.43. The van der Waals surface area contributed by atoms with Crippen molar-refractivity contribution in [1.29, 1.82) is 0 Å². The zero-order valence-corrected chi connectivity index (χ0v) is 12.6. The number of carbonyl (C=O) groups excluding carboxylic acids is 1. The predicted molar refractivity (Wildman–Crippen MR) is 80.2 cm³/mol. The highest BCUT2D eigenvalue weighted by molar-refractivity contribution is 6.31. The van der Waals surface area contributed by atoms with Crippen molar-refractivity contribution in [3.63, 3.8) is 0 Å². The van der Waals surface area contributed by atoms with Gasteiger partial charge >= 0.3 is 0 Å². The Balaban J connectivity index is 2.02. The van der Waals surface area contributed by atoms with E-state index in [9.17, 15) is 14.9 Å². The van der Waals surface area contributed by atoms with Gasteiger partial charge in [0, 0.05) is 25.7 Å². The number of hydrogen-bond acceptors (Lipinski definition) is 4. The zero-order valence-electron chi connectivity index (χ0n) is 11.8. The molecular weight excluding hydrogens is 294 g/mol. The van der Waals surface area contributed by atoms with E-state index in [4.69, 9.17) is 11.6 Å². The topological polar surface area (TPSA) is 75.5 Å². The molecule has 0 aromatic heterocycles. The number of nitrogens with one attached hydrogen (secondary N) is 1. The quantitative estimate of drug-likeness (QED) is 0.669. The highest BCUT2D eigenvalue weighted by Gasteiger charge is 2.24. The number of carbonyl (C=O) groups is 1. The molecule has 0 saturated carbocycles. The average Bonchev–Trinajstić information content (AvgIpc) is 2.98.